The standard InChI is InChI=1S/C14H12N2O4.C2H6/c1-9-5-6-15-8-13(9)11-4-3-10(16(18)19)7-12(11)14(17)20-2;1-2/h3-8H,1-2H3;1-2H3. The van der Waals surface area contributed by atoms with Crippen molar-refractivity contribution < 1.29 is 14.5 Å². The third kappa shape index (κ3) is 3.66. The molecule has 6 heteroatoms. The van der Waals surface area contributed by atoms with Crippen molar-refractivity contribution in [2.45, 2.75) is 20.8 Å². The molecule has 1 aromatic heterocycles. The van der Waals surface area contributed by atoms with Crippen LogP contribution >= 0.6 is 0 Å². The van der Waals surface area contributed by atoms with Crippen molar-refractivity contribution in [3.05, 3.63) is 57.9 Å². The number of nitro groups is 1. The molecule has 0 radical (unpaired) electrons. The average Bonchev–Trinajstić information content (AvgIpc) is 2.56. The van der Waals surface area contributed by atoms with Crippen molar-refractivity contribution in [3.63, 3.8) is 0 Å². The number of benzene rings is 1. The number of aryl methyl sites for hydroxylation is 1. The monoisotopic (exact) mass is 302 g/mol. The molecule has 0 N–H and O–H groups in total. The number of nitro benzene ring substituents is 1. The van der Waals surface area contributed by atoms with E-state index in [0.29, 0.717) is 5.56 Å². The van der Waals surface area contributed by atoms with Gasteiger partial charge in [0.15, 0.2) is 0 Å². The second-order valence-electron chi connectivity index (χ2n) is 4.17. The molecule has 0 saturated heterocycles. The van der Waals surface area contributed by atoms with Gasteiger partial charge in [-0.1, -0.05) is 13.8 Å². The fraction of sp³-hybridized carbons (Fsp3) is 0.250. The number of pyridine rings is 1. The molecule has 0 spiro atoms. The van der Waals surface area contributed by atoms with Gasteiger partial charge in [0.1, 0.15) is 0 Å². The highest BCUT2D eigenvalue weighted by molar-refractivity contribution is 5.98. The van der Waals surface area contributed by atoms with Crippen molar-refractivity contribution >= 4 is 11.7 Å². The van der Waals surface area contributed by atoms with Crippen LogP contribution in [0.3, 0.4) is 0 Å². The molecule has 0 aliphatic heterocycles. The molecule has 0 unspecified atom stereocenters. The van der Waals surface area contributed by atoms with E-state index in [4.69, 9.17) is 4.74 Å². The Morgan fingerprint density at radius 1 is 1.23 bits per heavy atom. The van der Waals surface area contributed by atoms with E-state index >= 15 is 0 Å². The molecule has 116 valence electrons. The summed E-state index contributed by atoms with van der Waals surface area (Å²) in [4.78, 5) is 26.1. The van der Waals surface area contributed by atoms with Crippen LogP contribution in [0.4, 0.5) is 5.69 Å². The Bertz CT molecular complexity index is 684. The maximum Gasteiger partial charge on any atom is 0.338 e. The van der Waals surface area contributed by atoms with E-state index in [1.807, 2.05) is 20.8 Å². The first-order valence-corrected chi connectivity index (χ1v) is 6.82. The Kier molecular flexibility index (Phi) is 6.19. The minimum atomic E-state index is -0.619. The van der Waals surface area contributed by atoms with Gasteiger partial charge in [0, 0.05) is 30.1 Å². The summed E-state index contributed by atoms with van der Waals surface area (Å²) in [7, 11) is 1.24. The SMILES string of the molecule is CC.COC(=O)c1cc([N+](=O)[O-])ccc1-c1cnccc1C. The fourth-order valence-corrected chi connectivity index (χ4v) is 1.91. The van der Waals surface area contributed by atoms with E-state index in [-0.39, 0.29) is 11.3 Å². The maximum atomic E-state index is 11.8. The molecule has 22 heavy (non-hydrogen) atoms. The molecule has 0 amide bonds. The highest BCUT2D eigenvalue weighted by Gasteiger charge is 2.19. The van der Waals surface area contributed by atoms with Crippen molar-refractivity contribution in [1.82, 2.24) is 4.98 Å². The lowest BCUT2D eigenvalue weighted by molar-refractivity contribution is -0.384. The Morgan fingerprint density at radius 2 is 1.91 bits per heavy atom. The number of ether oxygens (including phenoxy) is 1. The topological polar surface area (TPSA) is 82.3 Å². The molecule has 1 heterocycles. The van der Waals surface area contributed by atoms with E-state index in [1.54, 1.807) is 18.5 Å². The summed E-state index contributed by atoms with van der Waals surface area (Å²) in [5.41, 5.74) is 2.21. The van der Waals surface area contributed by atoms with Gasteiger partial charge >= 0.3 is 5.97 Å². The third-order valence-electron chi connectivity index (χ3n) is 2.95. The van der Waals surface area contributed by atoms with Crippen LogP contribution in [-0.4, -0.2) is 23.0 Å². The lowest BCUT2D eigenvalue weighted by Gasteiger charge is -2.10. The zero-order valence-corrected chi connectivity index (χ0v) is 13.0. The molecule has 2 aromatic rings. The first kappa shape index (κ1) is 17.3. The summed E-state index contributed by atoms with van der Waals surface area (Å²) >= 11 is 0. The predicted octanol–water partition coefficient (Wildman–Crippen LogP) is 3.78. The summed E-state index contributed by atoms with van der Waals surface area (Å²) in [6, 6.07) is 5.91. The Morgan fingerprint density at radius 3 is 2.45 bits per heavy atom. The van der Waals surface area contributed by atoms with Crippen LogP contribution in [0.1, 0.15) is 29.8 Å². The first-order chi connectivity index (χ1) is 10.5. The molecule has 0 bridgehead atoms. The normalized spacial score (nSPS) is 9.45. The lowest BCUT2D eigenvalue weighted by Crippen LogP contribution is -2.05. The smallest absolute Gasteiger partial charge is 0.338 e. The molecular formula is C16H18N2O4. The highest BCUT2D eigenvalue weighted by atomic mass is 16.6. The number of aromatic nitrogens is 1. The van der Waals surface area contributed by atoms with Gasteiger partial charge < -0.3 is 4.74 Å². The van der Waals surface area contributed by atoms with Crippen LogP contribution in [0.5, 0.6) is 0 Å². The van der Waals surface area contributed by atoms with E-state index in [0.717, 1.165) is 11.1 Å². The number of carbonyl (C=O) groups is 1. The van der Waals surface area contributed by atoms with Crippen molar-refractivity contribution in [1.29, 1.82) is 0 Å². The Hall–Kier alpha value is -2.76. The van der Waals surface area contributed by atoms with Crippen LogP contribution in [0.25, 0.3) is 11.1 Å². The van der Waals surface area contributed by atoms with E-state index in [1.165, 1.54) is 25.3 Å². The first-order valence-electron chi connectivity index (χ1n) is 6.82. The fourth-order valence-electron chi connectivity index (χ4n) is 1.91. The summed E-state index contributed by atoms with van der Waals surface area (Å²) in [5.74, 6) is -0.619. The number of non-ortho nitro benzene ring substituents is 1. The number of nitrogens with zero attached hydrogens (tertiary/aromatic N) is 2. The zero-order valence-electron chi connectivity index (χ0n) is 13.0. The van der Waals surface area contributed by atoms with Crippen LogP contribution in [-0.2, 0) is 4.74 Å². The van der Waals surface area contributed by atoms with Gasteiger partial charge in [-0.15, -0.1) is 0 Å². The molecule has 2 rings (SSSR count). The molecule has 6 nitrogen and oxygen atoms in total. The van der Waals surface area contributed by atoms with E-state index in [2.05, 4.69) is 4.98 Å². The van der Waals surface area contributed by atoms with Gasteiger partial charge in [-0.05, 0) is 30.2 Å². The number of hydrogen-bond acceptors (Lipinski definition) is 5. The largest absolute Gasteiger partial charge is 0.465 e. The van der Waals surface area contributed by atoms with Crippen molar-refractivity contribution in [3.8, 4) is 11.1 Å². The molecule has 0 saturated carbocycles. The highest BCUT2D eigenvalue weighted by Crippen LogP contribution is 2.29. The number of methoxy groups -OCH3 is 1. The molecular weight excluding hydrogens is 284 g/mol. The van der Waals surface area contributed by atoms with Crippen LogP contribution in [0.2, 0.25) is 0 Å². The van der Waals surface area contributed by atoms with Crippen LogP contribution in [0, 0.1) is 17.0 Å². The minimum absolute atomic E-state index is 0.151. The summed E-state index contributed by atoms with van der Waals surface area (Å²) in [5, 5.41) is 10.8. The van der Waals surface area contributed by atoms with Gasteiger partial charge in [-0.3, -0.25) is 15.1 Å². The molecule has 0 fully saturated rings. The third-order valence-corrected chi connectivity index (χ3v) is 2.95. The molecule has 0 aliphatic carbocycles. The number of rotatable bonds is 3. The van der Waals surface area contributed by atoms with Gasteiger partial charge in [0.25, 0.3) is 5.69 Å². The number of esters is 1. The average molecular weight is 302 g/mol. The quantitative estimate of drug-likeness (QED) is 0.489. The van der Waals surface area contributed by atoms with Crippen molar-refractivity contribution in [2.24, 2.45) is 0 Å². The lowest BCUT2D eigenvalue weighted by atomic mass is 9.97. The zero-order chi connectivity index (χ0) is 16.7. The number of hydrogen-bond donors (Lipinski definition) is 0. The number of carbonyl (C=O) groups excluding carboxylic acids is 1. The Balaban J connectivity index is 0.00000116. The maximum absolute atomic E-state index is 11.8. The second-order valence-corrected chi connectivity index (χ2v) is 4.17. The Labute approximate surface area is 128 Å². The van der Waals surface area contributed by atoms with Gasteiger partial charge in [0.05, 0.1) is 17.6 Å². The molecule has 0 atom stereocenters. The minimum Gasteiger partial charge on any atom is -0.465 e. The van der Waals surface area contributed by atoms with Crippen molar-refractivity contribution in [2.75, 3.05) is 7.11 Å². The molecule has 0 aliphatic rings. The van der Waals surface area contributed by atoms with Crippen LogP contribution < -0.4 is 0 Å². The van der Waals surface area contributed by atoms with Crippen LogP contribution in [0.15, 0.2) is 36.7 Å². The molecule has 1 aromatic carbocycles. The summed E-state index contributed by atoms with van der Waals surface area (Å²) in [6.07, 6.45) is 3.25. The van der Waals surface area contributed by atoms with E-state index in [9.17, 15) is 14.9 Å². The summed E-state index contributed by atoms with van der Waals surface area (Å²) < 4.78 is 4.69. The van der Waals surface area contributed by atoms with E-state index < -0.39 is 10.9 Å². The van der Waals surface area contributed by atoms with Gasteiger partial charge in [-0.2, -0.15) is 0 Å². The second kappa shape index (κ2) is 7.87. The van der Waals surface area contributed by atoms with Gasteiger partial charge in [-0.25, -0.2) is 4.79 Å². The van der Waals surface area contributed by atoms with Gasteiger partial charge in [0.2, 0.25) is 0 Å². The summed E-state index contributed by atoms with van der Waals surface area (Å²) in [6.45, 7) is 5.87. The predicted molar refractivity (Wildman–Crippen MR) is 83.8 cm³/mol.